The fraction of sp³-hybridized carbons (Fsp3) is 0.733. The Labute approximate surface area is 116 Å². The van der Waals surface area contributed by atoms with Gasteiger partial charge in [-0.05, 0) is 46.1 Å². The van der Waals surface area contributed by atoms with Gasteiger partial charge < -0.3 is 9.64 Å². The third kappa shape index (κ3) is 7.65. The molecule has 0 aromatic carbocycles. The zero-order chi connectivity index (χ0) is 14.9. The van der Waals surface area contributed by atoms with Crippen LogP contribution in [0, 0.1) is 0 Å². The third-order valence-electron chi connectivity index (χ3n) is 2.74. The largest absolute Gasteiger partial charge is 0.466 e. The third-order valence-corrected chi connectivity index (χ3v) is 2.74. The summed E-state index contributed by atoms with van der Waals surface area (Å²) in [5.41, 5.74) is -0.218. The lowest BCUT2D eigenvalue weighted by molar-refractivity contribution is -0.144. The highest BCUT2D eigenvalue weighted by atomic mass is 16.5. The molecular formula is C15H27NO3. The average Bonchev–Trinajstić information content (AvgIpc) is 2.31. The average molecular weight is 269 g/mol. The topological polar surface area (TPSA) is 46.6 Å². The molecule has 0 fully saturated rings. The van der Waals surface area contributed by atoms with E-state index in [-0.39, 0.29) is 17.4 Å². The zero-order valence-corrected chi connectivity index (χ0v) is 12.7. The number of hydrogen-bond donors (Lipinski definition) is 0. The van der Waals surface area contributed by atoms with E-state index < -0.39 is 0 Å². The highest BCUT2D eigenvalue weighted by Gasteiger charge is 2.23. The standard InChI is InChI=1S/C15H27NO3/c1-6-10-14(18)19-12-9-8-11-16(13(17)7-2)15(3,4)5/h7H,2,6,8-12H2,1,3-5H3. The van der Waals surface area contributed by atoms with Crippen molar-refractivity contribution in [1.29, 1.82) is 0 Å². The molecule has 0 aliphatic heterocycles. The van der Waals surface area contributed by atoms with Crippen LogP contribution >= 0.6 is 0 Å². The van der Waals surface area contributed by atoms with Crippen LogP contribution < -0.4 is 0 Å². The van der Waals surface area contributed by atoms with Crippen LogP contribution in [0.1, 0.15) is 53.4 Å². The number of amides is 1. The molecule has 0 rings (SSSR count). The van der Waals surface area contributed by atoms with E-state index in [0.717, 1.165) is 19.3 Å². The number of carbonyl (C=O) groups excluding carboxylic acids is 2. The molecule has 0 unspecified atom stereocenters. The first kappa shape index (κ1) is 17.7. The molecule has 0 heterocycles. The molecule has 4 heteroatoms. The fourth-order valence-electron chi connectivity index (χ4n) is 1.72. The summed E-state index contributed by atoms with van der Waals surface area (Å²) >= 11 is 0. The summed E-state index contributed by atoms with van der Waals surface area (Å²) in [4.78, 5) is 24.7. The summed E-state index contributed by atoms with van der Waals surface area (Å²) in [6, 6.07) is 0. The molecule has 0 aromatic heterocycles. The summed E-state index contributed by atoms with van der Waals surface area (Å²) in [5.74, 6) is -0.201. The molecule has 0 saturated carbocycles. The molecular weight excluding hydrogens is 242 g/mol. The van der Waals surface area contributed by atoms with Crippen LogP contribution in [0.25, 0.3) is 0 Å². The molecule has 0 radical (unpaired) electrons. The van der Waals surface area contributed by atoms with Gasteiger partial charge in [0, 0.05) is 18.5 Å². The molecule has 0 aromatic rings. The van der Waals surface area contributed by atoms with Crippen LogP contribution in [0.3, 0.4) is 0 Å². The van der Waals surface area contributed by atoms with Crippen LogP contribution in [-0.2, 0) is 14.3 Å². The van der Waals surface area contributed by atoms with Crippen LogP contribution in [0.4, 0.5) is 0 Å². The fourth-order valence-corrected chi connectivity index (χ4v) is 1.72. The van der Waals surface area contributed by atoms with Gasteiger partial charge in [0.2, 0.25) is 5.91 Å². The second kappa shape index (κ2) is 8.73. The van der Waals surface area contributed by atoms with Gasteiger partial charge in [0.1, 0.15) is 0 Å². The monoisotopic (exact) mass is 269 g/mol. The van der Waals surface area contributed by atoms with Crippen molar-refractivity contribution in [2.24, 2.45) is 0 Å². The minimum atomic E-state index is -0.218. The quantitative estimate of drug-likeness (QED) is 0.387. The van der Waals surface area contributed by atoms with Gasteiger partial charge in [-0.25, -0.2) is 0 Å². The summed E-state index contributed by atoms with van der Waals surface area (Å²) < 4.78 is 5.07. The number of rotatable bonds is 8. The van der Waals surface area contributed by atoms with Crippen molar-refractivity contribution in [2.75, 3.05) is 13.2 Å². The van der Waals surface area contributed by atoms with Crippen LogP contribution in [0.5, 0.6) is 0 Å². The summed E-state index contributed by atoms with van der Waals surface area (Å²) in [5, 5.41) is 0. The predicted octanol–water partition coefficient (Wildman–Crippen LogP) is 2.92. The van der Waals surface area contributed by atoms with Crippen molar-refractivity contribution in [3.63, 3.8) is 0 Å². The highest BCUT2D eigenvalue weighted by Crippen LogP contribution is 2.14. The van der Waals surface area contributed by atoms with Crippen molar-refractivity contribution in [3.8, 4) is 0 Å². The Morgan fingerprint density at radius 3 is 2.37 bits per heavy atom. The number of esters is 1. The summed E-state index contributed by atoms with van der Waals surface area (Å²) in [6.07, 6.45) is 4.21. The van der Waals surface area contributed by atoms with E-state index in [9.17, 15) is 9.59 Å². The molecule has 1 amide bonds. The second-order valence-corrected chi connectivity index (χ2v) is 5.54. The number of carbonyl (C=O) groups is 2. The first-order valence-electron chi connectivity index (χ1n) is 6.92. The minimum Gasteiger partial charge on any atom is -0.466 e. The normalized spacial score (nSPS) is 10.9. The van der Waals surface area contributed by atoms with E-state index in [4.69, 9.17) is 4.74 Å². The summed E-state index contributed by atoms with van der Waals surface area (Å²) in [6.45, 7) is 12.5. The van der Waals surface area contributed by atoms with E-state index in [1.807, 2.05) is 27.7 Å². The molecule has 0 aliphatic rings. The van der Waals surface area contributed by atoms with E-state index in [0.29, 0.717) is 19.6 Å². The van der Waals surface area contributed by atoms with E-state index >= 15 is 0 Å². The van der Waals surface area contributed by atoms with E-state index in [1.54, 1.807) is 4.90 Å². The van der Waals surface area contributed by atoms with Crippen LogP contribution in [0.15, 0.2) is 12.7 Å². The maximum Gasteiger partial charge on any atom is 0.305 e. The molecule has 0 bridgehead atoms. The van der Waals surface area contributed by atoms with Crippen LogP contribution in [-0.4, -0.2) is 35.5 Å². The maximum absolute atomic E-state index is 11.7. The Bertz CT molecular complexity index is 305. The second-order valence-electron chi connectivity index (χ2n) is 5.54. The smallest absolute Gasteiger partial charge is 0.305 e. The lowest BCUT2D eigenvalue weighted by atomic mass is 10.1. The molecule has 0 N–H and O–H groups in total. The molecule has 0 atom stereocenters. The van der Waals surface area contributed by atoms with E-state index in [1.165, 1.54) is 6.08 Å². The van der Waals surface area contributed by atoms with Gasteiger partial charge in [-0.15, -0.1) is 0 Å². The van der Waals surface area contributed by atoms with Crippen molar-refractivity contribution in [2.45, 2.75) is 58.9 Å². The Kier molecular flexibility index (Phi) is 8.12. The van der Waals surface area contributed by atoms with Gasteiger partial charge in [0.05, 0.1) is 6.61 Å². The first-order chi connectivity index (χ1) is 8.82. The Hall–Kier alpha value is -1.32. The van der Waals surface area contributed by atoms with Gasteiger partial charge in [0.15, 0.2) is 0 Å². The van der Waals surface area contributed by atoms with Gasteiger partial charge in [-0.1, -0.05) is 13.5 Å². The SMILES string of the molecule is C=CC(=O)N(CCCCOC(=O)CCC)C(C)(C)C. The number of nitrogens with zero attached hydrogens (tertiary/aromatic N) is 1. The number of ether oxygens (including phenoxy) is 1. The van der Waals surface area contributed by atoms with Crippen molar-refractivity contribution < 1.29 is 14.3 Å². The predicted molar refractivity (Wildman–Crippen MR) is 76.8 cm³/mol. The van der Waals surface area contributed by atoms with Gasteiger partial charge in [-0.3, -0.25) is 9.59 Å². The van der Waals surface area contributed by atoms with Crippen molar-refractivity contribution in [1.82, 2.24) is 4.90 Å². The number of unbranched alkanes of at least 4 members (excludes halogenated alkanes) is 1. The lowest BCUT2D eigenvalue weighted by Gasteiger charge is -2.35. The van der Waals surface area contributed by atoms with E-state index in [2.05, 4.69) is 6.58 Å². The van der Waals surface area contributed by atoms with Crippen molar-refractivity contribution >= 4 is 11.9 Å². The molecule has 0 saturated heterocycles. The number of hydrogen-bond acceptors (Lipinski definition) is 3. The Morgan fingerprint density at radius 2 is 1.89 bits per heavy atom. The minimum absolute atomic E-state index is 0.0597. The van der Waals surface area contributed by atoms with Gasteiger partial charge in [0.25, 0.3) is 0 Å². The molecule has 110 valence electrons. The lowest BCUT2D eigenvalue weighted by Crippen LogP contribution is -2.45. The Balaban J connectivity index is 3.98. The van der Waals surface area contributed by atoms with Gasteiger partial charge in [-0.2, -0.15) is 0 Å². The van der Waals surface area contributed by atoms with Crippen molar-refractivity contribution in [3.05, 3.63) is 12.7 Å². The van der Waals surface area contributed by atoms with Gasteiger partial charge >= 0.3 is 5.97 Å². The zero-order valence-electron chi connectivity index (χ0n) is 12.7. The first-order valence-corrected chi connectivity index (χ1v) is 6.92. The Morgan fingerprint density at radius 1 is 1.26 bits per heavy atom. The maximum atomic E-state index is 11.7. The molecule has 4 nitrogen and oxygen atoms in total. The highest BCUT2D eigenvalue weighted by molar-refractivity contribution is 5.87. The molecule has 19 heavy (non-hydrogen) atoms. The molecule has 0 aliphatic carbocycles. The summed E-state index contributed by atoms with van der Waals surface area (Å²) in [7, 11) is 0. The van der Waals surface area contributed by atoms with Crippen LogP contribution in [0.2, 0.25) is 0 Å². The molecule has 0 spiro atoms.